The molecule has 0 aliphatic heterocycles. The molecule has 1 aromatic heterocycles. The Hall–Kier alpha value is -2.74. The van der Waals surface area contributed by atoms with Crippen LogP contribution in [0.3, 0.4) is 0 Å². The number of nitrogens with zero attached hydrogens (tertiary/aromatic N) is 2. The van der Waals surface area contributed by atoms with E-state index in [9.17, 15) is 9.59 Å². The second-order valence-electron chi connectivity index (χ2n) is 4.19. The van der Waals surface area contributed by atoms with Crippen molar-refractivity contribution in [1.29, 1.82) is 0 Å². The number of ether oxygens (including phenoxy) is 1. The maximum absolute atomic E-state index is 11.5. The van der Waals surface area contributed by atoms with E-state index in [1.807, 2.05) is 0 Å². The summed E-state index contributed by atoms with van der Waals surface area (Å²) in [5.41, 5.74) is 3.83. The van der Waals surface area contributed by atoms with E-state index in [1.165, 1.54) is 19.4 Å². The zero-order chi connectivity index (χ0) is 16.1. The van der Waals surface area contributed by atoms with Gasteiger partial charge in [-0.1, -0.05) is 29.5 Å². The number of esters is 1. The molecule has 0 fully saturated rings. The maximum Gasteiger partial charge on any atom is 0.350 e. The van der Waals surface area contributed by atoms with Crippen molar-refractivity contribution in [3.8, 4) is 0 Å². The van der Waals surface area contributed by atoms with Crippen LogP contribution in [0.2, 0.25) is 0 Å². The molecule has 114 valence electrons. The summed E-state index contributed by atoms with van der Waals surface area (Å²) in [6.45, 7) is 1.69. The number of aromatic nitrogens is 1. The van der Waals surface area contributed by atoms with Gasteiger partial charge in [0.2, 0.25) is 5.13 Å². The van der Waals surface area contributed by atoms with Crippen molar-refractivity contribution < 1.29 is 19.4 Å². The number of carbonyl (C=O) groups excluding carboxylic acids is 1. The lowest BCUT2D eigenvalue weighted by Gasteiger charge is -1.99. The van der Waals surface area contributed by atoms with E-state index in [0.717, 1.165) is 11.3 Å². The van der Waals surface area contributed by atoms with Crippen LogP contribution >= 0.6 is 11.3 Å². The molecular weight excluding hydrogens is 306 g/mol. The number of carbonyl (C=O) groups is 2. The minimum atomic E-state index is -1.03. The van der Waals surface area contributed by atoms with Crippen LogP contribution in [0.5, 0.6) is 0 Å². The van der Waals surface area contributed by atoms with Gasteiger partial charge in [0.25, 0.3) is 0 Å². The molecule has 0 bridgehead atoms. The number of methoxy groups -OCH3 is 1. The van der Waals surface area contributed by atoms with Gasteiger partial charge in [0.1, 0.15) is 4.88 Å². The summed E-state index contributed by atoms with van der Waals surface area (Å²) in [7, 11) is 1.30. The zero-order valence-electron chi connectivity index (χ0n) is 11.9. The van der Waals surface area contributed by atoms with Crippen molar-refractivity contribution in [1.82, 2.24) is 4.98 Å². The number of hydrogen-bond donors (Lipinski definition) is 2. The summed E-state index contributed by atoms with van der Waals surface area (Å²) in [5, 5.41) is 13.4. The van der Waals surface area contributed by atoms with Crippen LogP contribution < -0.4 is 5.43 Å². The monoisotopic (exact) mass is 319 g/mol. The van der Waals surface area contributed by atoms with Crippen LogP contribution in [0.1, 0.15) is 31.3 Å². The minimum Gasteiger partial charge on any atom is -0.478 e. The summed E-state index contributed by atoms with van der Waals surface area (Å²) in [6.07, 6.45) is 1.39. The Labute approximate surface area is 130 Å². The van der Waals surface area contributed by atoms with Gasteiger partial charge in [0.05, 0.1) is 24.6 Å². The van der Waals surface area contributed by atoms with E-state index < -0.39 is 11.9 Å². The second-order valence-corrected chi connectivity index (χ2v) is 5.19. The van der Waals surface area contributed by atoms with E-state index in [1.54, 1.807) is 25.1 Å². The Morgan fingerprint density at radius 1 is 1.41 bits per heavy atom. The lowest BCUT2D eigenvalue weighted by atomic mass is 10.1. The highest BCUT2D eigenvalue weighted by atomic mass is 32.1. The smallest absolute Gasteiger partial charge is 0.350 e. The number of thiazole rings is 1. The molecule has 0 amide bonds. The number of anilines is 1. The molecule has 0 atom stereocenters. The molecule has 22 heavy (non-hydrogen) atoms. The highest BCUT2D eigenvalue weighted by Crippen LogP contribution is 2.23. The standard InChI is InChI=1S/C14H13N3O4S/c1-8-11(13(20)21-2)22-14(16-8)17-15-7-9-5-3-4-6-10(9)12(18)19/h3-7H,1-2H3,(H,16,17)(H,18,19)/b15-7+. The number of benzene rings is 1. The van der Waals surface area contributed by atoms with Crippen molar-refractivity contribution in [2.45, 2.75) is 6.92 Å². The molecule has 2 aromatic rings. The van der Waals surface area contributed by atoms with Crippen LogP contribution in [0.25, 0.3) is 0 Å². The van der Waals surface area contributed by atoms with Crippen LogP contribution in [0.4, 0.5) is 5.13 Å². The van der Waals surface area contributed by atoms with Crippen molar-refractivity contribution in [2.24, 2.45) is 5.10 Å². The lowest BCUT2D eigenvalue weighted by Crippen LogP contribution is -2.02. The molecule has 8 heteroatoms. The number of carboxylic acid groups (broad SMARTS) is 1. The zero-order valence-corrected chi connectivity index (χ0v) is 12.7. The number of carboxylic acids is 1. The number of hydrazone groups is 1. The summed E-state index contributed by atoms with van der Waals surface area (Å²) >= 11 is 1.11. The molecule has 0 saturated carbocycles. The van der Waals surface area contributed by atoms with Crippen LogP contribution in [0.15, 0.2) is 29.4 Å². The predicted octanol–water partition coefficient (Wildman–Crippen LogP) is 2.38. The molecule has 0 radical (unpaired) electrons. The fraction of sp³-hybridized carbons (Fsp3) is 0.143. The van der Waals surface area contributed by atoms with Crippen LogP contribution in [0, 0.1) is 6.92 Å². The molecule has 7 nitrogen and oxygen atoms in total. The van der Waals surface area contributed by atoms with E-state index >= 15 is 0 Å². The first-order valence-electron chi connectivity index (χ1n) is 6.20. The van der Waals surface area contributed by atoms with Gasteiger partial charge in [0, 0.05) is 5.56 Å². The SMILES string of the molecule is COC(=O)c1sc(N/N=C/c2ccccc2C(=O)O)nc1C. The van der Waals surface area contributed by atoms with Crippen LogP contribution in [-0.4, -0.2) is 35.4 Å². The summed E-state index contributed by atoms with van der Waals surface area (Å²) in [4.78, 5) is 27.1. The maximum atomic E-state index is 11.5. The Morgan fingerprint density at radius 2 is 2.14 bits per heavy atom. The third-order valence-electron chi connectivity index (χ3n) is 2.72. The number of nitrogens with one attached hydrogen (secondary N) is 1. The molecule has 0 aliphatic rings. The van der Waals surface area contributed by atoms with Gasteiger partial charge in [-0.15, -0.1) is 0 Å². The van der Waals surface area contributed by atoms with Crippen molar-refractivity contribution in [3.05, 3.63) is 46.0 Å². The molecule has 2 rings (SSSR count). The molecule has 1 heterocycles. The molecule has 1 aromatic carbocycles. The van der Waals surface area contributed by atoms with Gasteiger partial charge < -0.3 is 9.84 Å². The normalized spacial score (nSPS) is 10.6. The van der Waals surface area contributed by atoms with Gasteiger partial charge in [-0.05, 0) is 13.0 Å². The lowest BCUT2D eigenvalue weighted by molar-refractivity contribution is 0.0604. The average Bonchev–Trinajstić information content (AvgIpc) is 2.87. The quantitative estimate of drug-likeness (QED) is 0.498. The largest absolute Gasteiger partial charge is 0.478 e. The number of hydrogen-bond acceptors (Lipinski definition) is 7. The van der Waals surface area contributed by atoms with E-state index in [2.05, 4.69) is 20.2 Å². The first-order chi connectivity index (χ1) is 10.5. The van der Waals surface area contributed by atoms with E-state index in [0.29, 0.717) is 21.3 Å². The molecule has 2 N–H and O–H groups in total. The third kappa shape index (κ3) is 3.47. The predicted molar refractivity (Wildman–Crippen MR) is 82.8 cm³/mol. The summed E-state index contributed by atoms with van der Waals surface area (Å²) < 4.78 is 4.65. The average molecular weight is 319 g/mol. The first-order valence-corrected chi connectivity index (χ1v) is 7.01. The topological polar surface area (TPSA) is 101 Å². The Morgan fingerprint density at radius 3 is 2.82 bits per heavy atom. The van der Waals surface area contributed by atoms with Crippen molar-refractivity contribution in [3.63, 3.8) is 0 Å². The molecule has 0 aliphatic carbocycles. The van der Waals surface area contributed by atoms with Crippen molar-refractivity contribution in [2.75, 3.05) is 12.5 Å². The van der Waals surface area contributed by atoms with Crippen LogP contribution in [-0.2, 0) is 4.74 Å². The first kappa shape index (κ1) is 15.6. The molecule has 0 unspecified atom stereocenters. The van der Waals surface area contributed by atoms with Crippen molar-refractivity contribution >= 4 is 34.6 Å². The number of aromatic carboxylic acids is 1. The van der Waals surface area contributed by atoms with E-state index in [-0.39, 0.29) is 5.56 Å². The fourth-order valence-corrected chi connectivity index (χ4v) is 2.52. The van der Waals surface area contributed by atoms with E-state index in [4.69, 9.17) is 5.11 Å². The minimum absolute atomic E-state index is 0.151. The molecular formula is C14H13N3O4S. The van der Waals surface area contributed by atoms with Gasteiger partial charge in [-0.3, -0.25) is 5.43 Å². The number of aryl methyl sites for hydroxylation is 1. The highest BCUT2D eigenvalue weighted by molar-refractivity contribution is 7.17. The van der Waals surface area contributed by atoms with Gasteiger partial charge in [-0.25, -0.2) is 14.6 Å². The summed E-state index contributed by atoms with van der Waals surface area (Å²) in [6, 6.07) is 6.49. The molecule has 0 spiro atoms. The van der Waals surface area contributed by atoms with Gasteiger partial charge in [-0.2, -0.15) is 5.10 Å². The molecule has 0 saturated heterocycles. The fourth-order valence-electron chi connectivity index (χ4n) is 1.69. The Balaban J connectivity index is 2.14. The Bertz CT molecular complexity index is 739. The number of rotatable bonds is 5. The summed E-state index contributed by atoms with van der Waals surface area (Å²) in [5.74, 6) is -1.48. The van der Waals surface area contributed by atoms with Gasteiger partial charge >= 0.3 is 11.9 Å². The van der Waals surface area contributed by atoms with Gasteiger partial charge in [0.15, 0.2) is 0 Å². The second kappa shape index (κ2) is 6.81. The highest BCUT2D eigenvalue weighted by Gasteiger charge is 2.15. The Kier molecular flexibility index (Phi) is 4.84. The third-order valence-corrected chi connectivity index (χ3v) is 3.76.